The van der Waals surface area contributed by atoms with Crippen LogP contribution < -0.4 is 4.74 Å². The molecule has 0 aliphatic heterocycles. The van der Waals surface area contributed by atoms with Crippen LogP contribution in [0, 0.1) is 12.0 Å². The van der Waals surface area contributed by atoms with Crippen molar-refractivity contribution in [1.82, 2.24) is 0 Å². The van der Waals surface area contributed by atoms with Crippen LogP contribution in [-0.2, 0) is 5.60 Å². The van der Waals surface area contributed by atoms with E-state index in [0.717, 1.165) is 0 Å². The quantitative estimate of drug-likeness (QED) is 0.638. The van der Waals surface area contributed by atoms with E-state index < -0.39 is 5.60 Å². The lowest BCUT2D eigenvalue weighted by Crippen LogP contribution is -2.25. The van der Waals surface area contributed by atoms with E-state index in [4.69, 9.17) is 27.9 Å². The lowest BCUT2D eigenvalue weighted by molar-refractivity contribution is 0.144. The first kappa shape index (κ1) is 17.4. The van der Waals surface area contributed by atoms with E-state index in [-0.39, 0.29) is 0 Å². The Balaban J connectivity index is 2.00. The van der Waals surface area contributed by atoms with Crippen LogP contribution >= 0.6 is 23.2 Å². The molecule has 0 heterocycles. The zero-order chi connectivity index (χ0) is 17.7. The summed E-state index contributed by atoms with van der Waals surface area (Å²) in [5, 5.41) is 12.4. The van der Waals surface area contributed by atoms with Crippen molar-refractivity contribution in [2.75, 3.05) is 0 Å². The lowest BCUT2D eigenvalue weighted by Gasteiger charge is -2.23. The number of halogens is 2. The first-order chi connectivity index (χ1) is 12.1. The van der Waals surface area contributed by atoms with Crippen LogP contribution in [-0.4, -0.2) is 5.11 Å². The van der Waals surface area contributed by atoms with Gasteiger partial charge in [0.25, 0.3) is 0 Å². The lowest BCUT2D eigenvalue weighted by atomic mass is 9.87. The molecule has 0 amide bonds. The Labute approximate surface area is 156 Å². The molecule has 0 aliphatic rings. The zero-order valence-corrected chi connectivity index (χ0v) is 14.6. The van der Waals surface area contributed by atoms with Crippen LogP contribution in [0.5, 0.6) is 5.75 Å². The van der Waals surface area contributed by atoms with Crippen molar-refractivity contribution in [3.8, 4) is 17.8 Å². The van der Waals surface area contributed by atoms with Crippen LogP contribution in [0.2, 0.25) is 10.0 Å². The van der Waals surface area contributed by atoms with E-state index >= 15 is 0 Å². The van der Waals surface area contributed by atoms with Crippen LogP contribution in [0.25, 0.3) is 0 Å². The smallest absolute Gasteiger partial charge is 0.180 e. The molecule has 0 saturated carbocycles. The highest BCUT2D eigenvalue weighted by atomic mass is 35.5. The van der Waals surface area contributed by atoms with Gasteiger partial charge in [0, 0.05) is 21.2 Å². The van der Waals surface area contributed by atoms with Crippen molar-refractivity contribution in [3.63, 3.8) is 0 Å². The largest absolute Gasteiger partial charge is 0.407 e. The molecule has 2 nitrogen and oxygen atoms in total. The maximum atomic E-state index is 11.3. The Morgan fingerprint density at radius 3 is 1.68 bits per heavy atom. The Kier molecular flexibility index (Phi) is 5.31. The topological polar surface area (TPSA) is 29.5 Å². The molecular weight excluding hydrogens is 355 g/mol. The summed E-state index contributed by atoms with van der Waals surface area (Å²) in [5.41, 5.74) is -0.379. The van der Waals surface area contributed by atoms with Crippen molar-refractivity contribution >= 4 is 23.2 Å². The molecule has 0 fully saturated rings. The maximum Gasteiger partial charge on any atom is 0.180 e. The summed E-state index contributed by atoms with van der Waals surface area (Å²) in [7, 11) is 0. The summed E-state index contributed by atoms with van der Waals surface area (Å²) in [4.78, 5) is 0. The summed E-state index contributed by atoms with van der Waals surface area (Å²) in [5.74, 6) is 3.41. The molecule has 25 heavy (non-hydrogen) atoms. The first-order valence-electron chi connectivity index (χ1n) is 7.56. The van der Waals surface area contributed by atoms with E-state index in [1.165, 1.54) is 0 Å². The number of rotatable bonds is 3. The average molecular weight is 369 g/mol. The van der Waals surface area contributed by atoms with Crippen LogP contribution in [0.4, 0.5) is 0 Å². The molecular formula is C21H14Cl2O2. The second-order valence-electron chi connectivity index (χ2n) is 5.37. The Morgan fingerprint density at radius 2 is 1.20 bits per heavy atom. The molecule has 0 unspecified atom stereocenters. The summed E-state index contributed by atoms with van der Waals surface area (Å²) in [6.07, 6.45) is 2.60. The summed E-state index contributed by atoms with van der Waals surface area (Å²) >= 11 is 11.9. The predicted molar refractivity (Wildman–Crippen MR) is 101 cm³/mol. The second-order valence-corrected chi connectivity index (χ2v) is 6.24. The van der Waals surface area contributed by atoms with Gasteiger partial charge in [-0.25, -0.2) is 0 Å². The fraction of sp³-hybridized carbons (Fsp3) is 0.0476. The van der Waals surface area contributed by atoms with Crippen LogP contribution in [0.1, 0.15) is 11.1 Å². The fourth-order valence-electron chi connectivity index (χ4n) is 2.34. The summed E-state index contributed by atoms with van der Waals surface area (Å²) < 4.78 is 5.42. The summed E-state index contributed by atoms with van der Waals surface area (Å²) in [6, 6.07) is 22.9. The van der Waals surface area contributed by atoms with E-state index in [1.807, 2.05) is 18.2 Å². The monoisotopic (exact) mass is 368 g/mol. The fourth-order valence-corrected chi connectivity index (χ4v) is 2.59. The average Bonchev–Trinajstić information content (AvgIpc) is 2.63. The van der Waals surface area contributed by atoms with Crippen LogP contribution in [0.15, 0.2) is 78.9 Å². The minimum Gasteiger partial charge on any atom is -0.407 e. The van der Waals surface area contributed by atoms with Gasteiger partial charge in [0.2, 0.25) is 0 Å². The molecule has 4 heteroatoms. The zero-order valence-electron chi connectivity index (χ0n) is 13.1. The second kappa shape index (κ2) is 7.63. The third-order valence-electron chi connectivity index (χ3n) is 3.67. The van der Waals surface area contributed by atoms with E-state index in [2.05, 4.69) is 12.0 Å². The number of benzene rings is 3. The van der Waals surface area contributed by atoms with Crippen molar-refractivity contribution in [2.24, 2.45) is 0 Å². The Hall–Kier alpha value is -2.44. The predicted octanol–water partition coefficient (Wildman–Crippen LogP) is 5.27. The van der Waals surface area contributed by atoms with Gasteiger partial charge < -0.3 is 9.84 Å². The molecule has 3 rings (SSSR count). The van der Waals surface area contributed by atoms with E-state index in [9.17, 15) is 5.11 Å². The third-order valence-corrected chi connectivity index (χ3v) is 4.17. The van der Waals surface area contributed by atoms with Crippen molar-refractivity contribution in [1.29, 1.82) is 0 Å². The maximum absolute atomic E-state index is 11.3. The SMILES string of the molecule is OC(C#COc1ccccc1)(c1ccc(Cl)cc1)c1ccc(Cl)cc1. The minimum atomic E-state index is -1.55. The molecule has 0 aromatic heterocycles. The van der Waals surface area contributed by atoms with Gasteiger partial charge in [-0.1, -0.05) is 65.7 Å². The number of ether oxygens (including phenoxy) is 1. The standard InChI is InChI=1S/C21H14Cl2O2/c22-18-10-6-16(7-11-18)21(24,17-8-12-19(23)13-9-17)14-15-25-20-4-2-1-3-5-20/h1-13,24H. The van der Waals surface area contributed by atoms with Crippen molar-refractivity contribution in [3.05, 3.63) is 100 Å². The van der Waals surface area contributed by atoms with Crippen molar-refractivity contribution < 1.29 is 9.84 Å². The number of hydrogen-bond donors (Lipinski definition) is 1. The molecule has 3 aromatic carbocycles. The molecule has 0 spiro atoms. The molecule has 1 N–H and O–H groups in total. The number of aliphatic hydroxyl groups is 1. The van der Waals surface area contributed by atoms with Gasteiger partial charge in [-0.3, -0.25) is 0 Å². The molecule has 0 saturated heterocycles. The van der Waals surface area contributed by atoms with Gasteiger partial charge in [0.1, 0.15) is 11.9 Å². The van der Waals surface area contributed by atoms with Gasteiger partial charge in [-0.05, 0) is 42.3 Å². The highest BCUT2D eigenvalue weighted by molar-refractivity contribution is 6.30. The van der Waals surface area contributed by atoms with Gasteiger partial charge in [0.05, 0.1) is 0 Å². The van der Waals surface area contributed by atoms with Gasteiger partial charge in [-0.15, -0.1) is 0 Å². The first-order valence-corrected chi connectivity index (χ1v) is 8.32. The third kappa shape index (κ3) is 4.15. The normalized spacial score (nSPS) is 10.7. The van der Waals surface area contributed by atoms with Gasteiger partial charge >= 0.3 is 0 Å². The molecule has 0 radical (unpaired) electrons. The van der Waals surface area contributed by atoms with Crippen LogP contribution in [0.3, 0.4) is 0 Å². The number of para-hydroxylation sites is 1. The molecule has 124 valence electrons. The minimum absolute atomic E-state index is 0.579. The highest BCUT2D eigenvalue weighted by Crippen LogP contribution is 2.30. The Morgan fingerprint density at radius 1 is 0.720 bits per heavy atom. The van der Waals surface area contributed by atoms with E-state index in [0.29, 0.717) is 26.9 Å². The molecule has 3 aromatic rings. The van der Waals surface area contributed by atoms with Gasteiger partial charge in [-0.2, -0.15) is 0 Å². The Bertz CT molecular complexity index is 847. The van der Waals surface area contributed by atoms with E-state index in [1.54, 1.807) is 60.7 Å². The van der Waals surface area contributed by atoms with Crippen molar-refractivity contribution in [2.45, 2.75) is 5.60 Å². The number of hydrogen-bond acceptors (Lipinski definition) is 2. The highest BCUT2D eigenvalue weighted by Gasteiger charge is 2.30. The molecule has 0 atom stereocenters. The molecule has 0 bridgehead atoms. The van der Waals surface area contributed by atoms with Gasteiger partial charge in [0.15, 0.2) is 5.60 Å². The molecule has 0 aliphatic carbocycles. The summed E-state index contributed by atoms with van der Waals surface area (Å²) in [6.45, 7) is 0.